The molecule has 1 aliphatic rings. The number of nitrogens with two attached hydrogens (primary N) is 1. The second-order valence-electron chi connectivity index (χ2n) is 3.45. The fraction of sp³-hybridized carbons (Fsp3) is 1.00. The van der Waals surface area contributed by atoms with Gasteiger partial charge in [0, 0.05) is 13.0 Å². The zero-order valence-corrected chi connectivity index (χ0v) is 7.23. The van der Waals surface area contributed by atoms with Crippen LogP contribution in [0.2, 0.25) is 0 Å². The van der Waals surface area contributed by atoms with Crippen LogP contribution in [-0.4, -0.2) is 35.3 Å². The highest BCUT2D eigenvalue weighted by Gasteiger charge is 2.73. The molecule has 0 aromatic rings. The van der Waals surface area contributed by atoms with Gasteiger partial charge in [-0.1, -0.05) is 0 Å². The van der Waals surface area contributed by atoms with E-state index in [1.165, 1.54) is 0 Å². The van der Waals surface area contributed by atoms with Crippen molar-refractivity contribution in [3.63, 3.8) is 0 Å². The summed E-state index contributed by atoms with van der Waals surface area (Å²) in [5.74, 6) is 0. The topological polar surface area (TPSA) is 49.5 Å². The lowest BCUT2D eigenvalue weighted by atomic mass is 9.85. The molecule has 0 aromatic heterocycles. The van der Waals surface area contributed by atoms with Crippen LogP contribution in [0.1, 0.15) is 6.42 Å². The first-order valence-corrected chi connectivity index (χ1v) is 3.86. The first-order valence-electron chi connectivity index (χ1n) is 3.86. The fourth-order valence-corrected chi connectivity index (χ4v) is 1.49. The largest absolute Gasteiger partial charge is 0.404 e. The molecule has 1 heterocycles. The van der Waals surface area contributed by atoms with Crippen LogP contribution in [0, 0.1) is 5.41 Å². The summed E-state index contributed by atoms with van der Waals surface area (Å²) in [4.78, 5) is 0. The van der Waals surface area contributed by atoms with Gasteiger partial charge in [0.25, 0.3) is 0 Å². The number of halogens is 6. The minimum Gasteiger partial charge on any atom is -0.314 e. The van der Waals surface area contributed by atoms with E-state index < -0.39 is 36.9 Å². The van der Waals surface area contributed by atoms with E-state index in [1.807, 2.05) is 0 Å². The summed E-state index contributed by atoms with van der Waals surface area (Å²) in [6, 6.07) is 0. The molecule has 0 spiro atoms. The molecule has 0 saturated carbocycles. The van der Waals surface area contributed by atoms with Crippen LogP contribution >= 0.6 is 0 Å². The summed E-state index contributed by atoms with van der Waals surface area (Å²) in [6.07, 6.45) is -14.0. The van der Waals surface area contributed by atoms with Gasteiger partial charge in [0.15, 0.2) is 5.41 Å². The van der Waals surface area contributed by atoms with E-state index in [9.17, 15) is 26.3 Å². The highest BCUT2D eigenvalue weighted by molar-refractivity contribution is 5.01. The van der Waals surface area contributed by atoms with Crippen LogP contribution in [0.15, 0.2) is 0 Å². The van der Waals surface area contributed by atoms with Crippen molar-refractivity contribution in [3.05, 3.63) is 0 Å². The maximum absolute atomic E-state index is 12.3. The average Bonchev–Trinajstić information content (AvgIpc) is 2.26. The molecule has 1 fully saturated rings. The molecule has 0 aromatic carbocycles. The summed E-state index contributed by atoms with van der Waals surface area (Å²) in [6.45, 7) is -1.58. The lowest BCUT2D eigenvalue weighted by Crippen LogP contribution is -2.51. The highest BCUT2D eigenvalue weighted by atomic mass is 19.4. The molecular weight excluding hydrogens is 230 g/mol. The zero-order chi connectivity index (χ0) is 12.1. The van der Waals surface area contributed by atoms with Crippen molar-refractivity contribution >= 4 is 0 Å². The third-order valence-corrected chi connectivity index (χ3v) is 2.46. The third-order valence-electron chi connectivity index (χ3n) is 2.46. The van der Waals surface area contributed by atoms with Gasteiger partial charge >= 0.3 is 12.4 Å². The SMILES string of the molecule is NC1CC(C(F)(F)F)(C(F)(F)F)CN1O. The van der Waals surface area contributed by atoms with Gasteiger partial charge in [-0.25, -0.2) is 0 Å². The van der Waals surface area contributed by atoms with Crippen molar-refractivity contribution in [2.45, 2.75) is 24.9 Å². The van der Waals surface area contributed by atoms with Gasteiger partial charge in [-0.3, -0.25) is 0 Å². The second kappa shape index (κ2) is 3.22. The van der Waals surface area contributed by atoms with E-state index in [-0.39, 0.29) is 5.06 Å². The summed E-state index contributed by atoms with van der Waals surface area (Å²) in [5.41, 5.74) is 0.987. The molecule has 0 bridgehead atoms. The highest BCUT2D eigenvalue weighted by Crippen LogP contribution is 2.56. The minimum atomic E-state index is -5.49. The Morgan fingerprint density at radius 3 is 1.67 bits per heavy atom. The Morgan fingerprint density at radius 1 is 1.13 bits per heavy atom. The molecule has 90 valence electrons. The van der Waals surface area contributed by atoms with E-state index >= 15 is 0 Å². The number of hydroxylamine groups is 2. The molecule has 1 aliphatic heterocycles. The van der Waals surface area contributed by atoms with Crippen LogP contribution in [0.4, 0.5) is 26.3 Å². The van der Waals surface area contributed by atoms with E-state index in [4.69, 9.17) is 10.9 Å². The number of hydrogen-bond acceptors (Lipinski definition) is 3. The zero-order valence-electron chi connectivity index (χ0n) is 7.23. The second-order valence-corrected chi connectivity index (χ2v) is 3.45. The van der Waals surface area contributed by atoms with Gasteiger partial charge in [0.05, 0.1) is 6.17 Å². The Kier molecular flexibility index (Phi) is 2.69. The van der Waals surface area contributed by atoms with Crippen molar-refractivity contribution in [2.24, 2.45) is 11.1 Å². The number of rotatable bonds is 0. The molecular formula is C6H8F6N2O. The van der Waals surface area contributed by atoms with Crippen LogP contribution in [0.25, 0.3) is 0 Å². The van der Waals surface area contributed by atoms with Crippen molar-refractivity contribution in [2.75, 3.05) is 6.54 Å². The molecule has 9 heteroatoms. The molecule has 1 atom stereocenters. The molecule has 1 rings (SSSR count). The lowest BCUT2D eigenvalue weighted by Gasteiger charge is -2.32. The summed E-state index contributed by atoms with van der Waals surface area (Å²) in [5, 5.41) is 8.63. The molecule has 1 saturated heterocycles. The van der Waals surface area contributed by atoms with Crippen molar-refractivity contribution in [1.82, 2.24) is 5.06 Å². The summed E-state index contributed by atoms with van der Waals surface area (Å²) >= 11 is 0. The van der Waals surface area contributed by atoms with Crippen molar-refractivity contribution < 1.29 is 31.5 Å². The summed E-state index contributed by atoms with van der Waals surface area (Å²) < 4.78 is 74.1. The normalized spacial score (nSPS) is 28.4. The monoisotopic (exact) mass is 238 g/mol. The quantitative estimate of drug-likeness (QED) is 0.628. The van der Waals surface area contributed by atoms with Gasteiger partial charge in [-0.2, -0.15) is 31.4 Å². The molecule has 1 unspecified atom stereocenters. The van der Waals surface area contributed by atoms with Gasteiger partial charge in [0.1, 0.15) is 0 Å². The predicted molar refractivity (Wildman–Crippen MR) is 35.6 cm³/mol. The Morgan fingerprint density at radius 2 is 1.53 bits per heavy atom. The average molecular weight is 238 g/mol. The van der Waals surface area contributed by atoms with E-state index in [2.05, 4.69) is 0 Å². The Balaban J connectivity index is 3.12. The fourth-order valence-electron chi connectivity index (χ4n) is 1.49. The number of alkyl halides is 6. The van der Waals surface area contributed by atoms with Gasteiger partial charge in [0.2, 0.25) is 0 Å². The summed E-state index contributed by atoms with van der Waals surface area (Å²) in [7, 11) is 0. The molecule has 0 amide bonds. The van der Waals surface area contributed by atoms with E-state index in [0.29, 0.717) is 0 Å². The maximum atomic E-state index is 12.3. The van der Waals surface area contributed by atoms with Crippen molar-refractivity contribution in [1.29, 1.82) is 0 Å². The van der Waals surface area contributed by atoms with Crippen LogP contribution in [0.3, 0.4) is 0 Å². The Labute approximate surface area is 80.4 Å². The Hall–Kier alpha value is -0.540. The molecule has 3 nitrogen and oxygen atoms in total. The van der Waals surface area contributed by atoms with Gasteiger partial charge in [-0.05, 0) is 0 Å². The number of hydrogen-bond donors (Lipinski definition) is 2. The first-order chi connectivity index (χ1) is 6.51. The molecule has 3 N–H and O–H groups in total. The van der Waals surface area contributed by atoms with Crippen LogP contribution in [0.5, 0.6) is 0 Å². The van der Waals surface area contributed by atoms with Crippen LogP contribution in [-0.2, 0) is 0 Å². The maximum Gasteiger partial charge on any atom is 0.404 e. The van der Waals surface area contributed by atoms with Gasteiger partial charge < -0.3 is 10.9 Å². The Bertz CT molecular complexity index is 223. The first kappa shape index (κ1) is 12.5. The smallest absolute Gasteiger partial charge is 0.314 e. The standard InChI is InChI=1S/C6H8F6N2O/c7-5(8,9)4(6(10,11)12)1-3(13)14(15)2-4/h3,15H,1-2,13H2. The number of nitrogens with zero attached hydrogens (tertiary/aromatic N) is 1. The molecule has 0 aliphatic carbocycles. The van der Waals surface area contributed by atoms with E-state index in [1.54, 1.807) is 0 Å². The lowest BCUT2D eigenvalue weighted by molar-refractivity contribution is -0.339. The molecule has 15 heavy (non-hydrogen) atoms. The van der Waals surface area contributed by atoms with Crippen LogP contribution < -0.4 is 5.73 Å². The van der Waals surface area contributed by atoms with E-state index in [0.717, 1.165) is 0 Å². The van der Waals surface area contributed by atoms with Gasteiger partial charge in [-0.15, -0.1) is 0 Å². The predicted octanol–water partition coefficient (Wildman–Crippen LogP) is 1.48. The third kappa shape index (κ3) is 1.79. The minimum absolute atomic E-state index is 0.138. The van der Waals surface area contributed by atoms with Crippen molar-refractivity contribution in [3.8, 4) is 0 Å². The molecule has 0 radical (unpaired) electrons.